The first-order valence-corrected chi connectivity index (χ1v) is 4.46. The fraction of sp³-hybridized carbons (Fsp3) is 0.182. The van der Waals surface area contributed by atoms with Gasteiger partial charge in [0.2, 0.25) is 0 Å². The summed E-state index contributed by atoms with van der Waals surface area (Å²) in [5.41, 5.74) is 8.64. The molecule has 0 amide bonds. The number of hydrogen-bond donors (Lipinski definition) is 2. The summed E-state index contributed by atoms with van der Waals surface area (Å²) in [5, 5.41) is 9.84. The van der Waals surface area contributed by atoms with E-state index in [-0.39, 0.29) is 0 Å². The molecule has 3 N–H and O–H groups in total. The average molecular weight is 185 g/mol. The van der Waals surface area contributed by atoms with E-state index in [1.807, 2.05) is 31.2 Å². The third kappa shape index (κ3) is 1.17. The number of aromatic nitrogens is 1. The van der Waals surface area contributed by atoms with Gasteiger partial charge in [0.1, 0.15) is 6.04 Å². The second-order valence-electron chi connectivity index (χ2n) is 3.32. The fourth-order valence-corrected chi connectivity index (χ4v) is 1.76. The summed E-state index contributed by atoms with van der Waals surface area (Å²) < 4.78 is 0. The molecule has 0 aliphatic rings. The van der Waals surface area contributed by atoms with Crippen molar-refractivity contribution in [2.45, 2.75) is 13.0 Å². The van der Waals surface area contributed by atoms with Crippen molar-refractivity contribution in [1.82, 2.24) is 4.98 Å². The van der Waals surface area contributed by atoms with Crippen molar-refractivity contribution < 1.29 is 0 Å². The number of fused-ring (bicyclic) bond motifs is 1. The van der Waals surface area contributed by atoms with Crippen LogP contribution >= 0.6 is 0 Å². The van der Waals surface area contributed by atoms with Gasteiger partial charge < -0.3 is 10.7 Å². The Hall–Kier alpha value is -1.79. The second-order valence-corrected chi connectivity index (χ2v) is 3.32. The zero-order chi connectivity index (χ0) is 10.1. The largest absolute Gasteiger partial charge is 0.358 e. The number of H-pyrrole nitrogens is 1. The molecule has 1 atom stereocenters. The van der Waals surface area contributed by atoms with Crippen molar-refractivity contribution >= 4 is 10.9 Å². The lowest BCUT2D eigenvalue weighted by Crippen LogP contribution is -2.07. The van der Waals surface area contributed by atoms with Crippen molar-refractivity contribution in [2.24, 2.45) is 5.73 Å². The van der Waals surface area contributed by atoms with Crippen LogP contribution in [0.1, 0.15) is 17.3 Å². The molecule has 3 heteroatoms. The number of nitrogens with one attached hydrogen (secondary N) is 1. The lowest BCUT2D eigenvalue weighted by atomic mass is 10.1. The van der Waals surface area contributed by atoms with E-state index in [0.29, 0.717) is 0 Å². The maximum atomic E-state index is 8.80. The van der Waals surface area contributed by atoms with Gasteiger partial charge in [0.05, 0.1) is 6.07 Å². The molecular weight excluding hydrogens is 174 g/mol. The van der Waals surface area contributed by atoms with Gasteiger partial charge in [-0.15, -0.1) is 0 Å². The van der Waals surface area contributed by atoms with Crippen molar-refractivity contribution in [3.8, 4) is 6.07 Å². The molecule has 3 nitrogen and oxygen atoms in total. The molecule has 1 heterocycles. The number of rotatable bonds is 1. The summed E-state index contributed by atoms with van der Waals surface area (Å²) >= 11 is 0. The van der Waals surface area contributed by atoms with Gasteiger partial charge in [0.15, 0.2) is 0 Å². The molecule has 0 fully saturated rings. The molecule has 0 radical (unpaired) electrons. The molecular formula is C11H11N3. The number of hydrogen-bond acceptors (Lipinski definition) is 2. The topological polar surface area (TPSA) is 65.6 Å². The highest BCUT2D eigenvalue weighted by molar-refractivity contribution is 5.85. The maximum absolute atomic E-state index is 8.80. The Morgan fingerprint density at radius 1 is 1.43 bits per heavy atom. The van der Waals surface area contributed by atoms with E-state index in [0.717, 1.165) is 22.2 Å². The standard InChI is InChI=1S/C11H11N3/c1-7-11(9(13)6-12)8-4-2-3-5-10(8)14-7/h2-5,9,14H,13H2,1H3. The van der Waals surface area contributed by atoms with Crippen LogP contribution in [0.15, 0.2) is 24.3 Å². The number of nitrogens with two attached hydrogens (primary N) is 1. The van der Waals surface area contributed by atoms with Crippen LogP contribution in [0.25, 0.3) is 10.9 Å². The first-order chi connectivity index (χ1) is 6.74. The molecule has 0 saturated carbocycles. The van der Waals surface area contributed by atoms with E-state index in [9.17, 15) is 0 Å². The molecule has 1 unspecified atom stereocenters. The van der Waals surface area contributed by atoms with Crippen molar-refractivity contribution in [3.63, 3.8) is 0 Å². The zero-order valence-electron chi connectivity index (χ0n) is 7.91. The predicted molar refractivity (Wildman–Crippen MR) is 55.6 cm³/mol. The van der Waals surface area contributed by atoms with Crippen LogP contribution in [0.3, 0.4) is 0 Å². The van der Waals surface area contributed by atoms with Crippen LogP contribution in [0.5, 0.6) is 0 Å². The molecule has 2 rings (SSSR count). The van der Waals surface area contributed by atoms with E-state index in [4.69, 9.17) is 11.0 Å². The van der Waals surface area contributed by atoms with Crippen LogP contribution in [-0.4, -0.2) is 4.98 Å². The Bertz CT molecular complexity index is 505. The van der Waals surface area contributed by atoms with E-state index >= 15 is 0 Å². The van der Waals surface area contributed by atoms with Gasteiger partial charge in [0.25, 0.3) is 0 Å². The zero-order valence-corrected chi connectivity index (χ0v) is 7.91. The lowest BCUT2D eigenvalue weighted by molar-refractivity contribution is 0.921. The summed E-state index contributed by atoms with van der Waals surface area (Å²) in [4.78, 5) is 3.21. The van der Waals surface area contributed by atoms with E-state index in [1.165, 1.54) is 0 Å². The van der Waals surface area contributed by atoms with E-state index in [2.05, 4.69) is 11.1 Å². The van der Waals surface area contributed by atoms with Gasteiger partial charge in [-0.1, -0.05) is 18.2 Å². The summed E-state index contributed by atoms with van der Waals surface area (Å²) in [6.45, 7) is 1.94. The highest BCUT2D eigenvalue weighted by atomic mass is 14.7. The minimum atomic E-state index is -0.550. The summed E-state index contributed by atoms with van der Waals surface area (Å²) in [7, 11) is 0. The van der Waals surface area contributed by atoms with Crippen LogP contribution in [0.2, 0.25) is 0 Å². The van der Waals surface area contributed by atoms with Gasteiger partial charge in [-0.2, -0.15) is 5.26 Å². The molecule has 0 saturated heterocycles. The summed E-state index contributed by atoms with van der Waals surface area (Å²) in [6.07, 6.45) is 0. The van der Waals surface area contributed by atoms with Crippen LogP contribution < -0.4 is 5.73 Å². The highest BCUT2D eigenvalue weighted by Crippen LogP contribution is 2.25. The van der Waals surface area contributed by atoms with Crippen molar-refractivity contribution in [1.29, 1.82) is 5.26 Å². The molecule has 0 aliphatic carbocycles. The van der Waals surface area contributed by atoms with Gasteiger partial charge >= 0.3 is 0 Å². The Morgan fingerprint density at radius 2 is 2.14 bits per heavy atom. The Labute approximate surface area is 82.1 Å². The minimum Gasteiger partial charge on any atom is -0.358 e. The van der Waals surface area contributed by atoms with E-state index in [1.54, 1.807) is 0 Å². The molecule has 0 aliphatic heterocycles. The lowest BCUT2D eigenvalue weighted by Gasteiger charge is -2.01. The number of para-hydroxylation sites is 1. The normalized spacial score (nSPS) is 12.6. The predicted octanol–water partition coefficient (Wildman–Crippen LogP) is 2.00. The number of aryl methyl sites for hydroxylation is 1. The third-order valence-corrected chi connectivity index (χ3v) is 2.39. The Morgan fingerprint density at radius 3 is 2.86 bits per heavy atom. The fourth-order valence-electron chi connectivity index (χ4n) is 1.76. The molecule has 0 bridgehead atoms. The Balaban J connectivity index is 2.75. The minimum absolute atomic E-state index is 0.550. The smallest absolute Gasteiger partial charge is 0.121 e. The van der Waals surface area contributed by atoms with Crippen LogP contribution in [0, 0.1) is 18.3 Å². The molecule has 14 heavy (non-hydrogen) atoms. The summed E-state index contributed by atoms with van der Waals surface area (Å²) in [5.74, 6) is 0. The van der Waals surface area contributed by atoms with Crippen LogP contribution in [-0.2, 0) is 0 Å². The molecule has 1 aromatic heterocycles. The molecule has 70 valence electrons. The number of nitriles is 1. The molecule has 2 aromatic rings. The number of nitrogens with zero attached hydrogens (tertiary/aromatic N) is 1. The Kier molecular flexibility index (Phi) is 1.99. The second kappa shape index (κ2) is 3.17. The first kappa shape index (κ1) is 8.79. The molecule has 0 spiro atoms. The average Bonchev–Trinajstić information content (AvgIpc) is 2.53. The van der Waals surface area contributed by atoms with E-state index < -0.39 is 6.04 Å². The first-order valence-electron chi connectivity index (χ1n) is 4.46. The molecule has 1 aromatic carbocycles. The SMILES string of the molecule is Cc1[nH]c2ccccc2c1C(N)C#N. The third-order valence-electron chi connectivity index (χ3n) is 2.39. The van der Waals surface area contributed by atoms with Crippen LogP contribution in [0.4, 0.5) is 0 Å². The maximum Gasteiger partial charge on any atom is 0.121 e. The van der Waals surface area contributed by atoms with Crippen molar-refractivity contribution in [2.75, 3.05) is 0 Å². The van der Waals surface area contributed by atoms with Gasteiger partial charge in [-0.3, -0.25) is 0 Å². The van der Waals surface area contributed by atoms with Gasteiger partial charge in [-0.25, -0.2) is 0 Å². The number of benzene rings is 1. The summed E-state index contributed by atoms with van der Waals surface area (Å²) in [6, 6.07) is 9.37. The van der Waals surface area contributed by atoms with Gasteiger partial charge in [0, 0.05) is 22.2 Å². The highest BCUT2D eigenvalue weighted by Gasteiger charge is 2.13. The number of aromatic amines is 1. The van der Waals surface area contributed by atoms with Gasteiger partial charge in [-0.05, 0) is 13.0 Å². The quantitative estimate of drug-likeness (QED) is 0.713. The monoisotopic (exact) mass is 185 g/mol. The van der Waals surface area contributed by atoms with Crippen molar-refractivity contribution in [3.05, 3.63) is 35.5 Å².